The molecule has 1 aliphatic heterocycles. The van der Waals surface area contributed by atoms with Crippen molar-refractivity contribution < 1.29 is 0 Å². The number of aliphatic imine (C=N–C) groups is 1. The van der Waals surface area contributed by atoms with E-state index >= 15 is 0 Å². The molecule has 4 heteroatoms. The first-order valence-electron chi connectivity index (χ1n) is 3.85. The van der Waals surface area contributed by atoms with Gasteiger partial charge in [0.2, 0.25) is 0 Å². The van der Waals surface area contributed by atoms with Crippen LogP contribution in [-0.2, 0) is 0 Å². The minimum Gasteiger partial charge on any atom is -0.353 e. The third-order valence-corrected chi connectivity index (χ3v) is 2.66. The van der Waals surface area contributed by atoms with E-state index in [4.69, 9.17) is 0 Å². The summed E-state index contributed by atoms with van der Waals surface area (Å²) in [4.78, 5) is 5.64. The molecular formula is C9H11ClN2S. The molecule has 1 N–H and O–H groups in total. The highest BCUT2D eigenvalue weighted by molar-refractivity contribution is 7.10. The molecule has 0 aliphatic carbocycles. The van der Waals surface area contributed by atoms with Crippen molar-refractivity contribution in [3.8, 4) is 0 Å². The van der Waals surface area contributed by atoms with E-state index in [0.29, 0.717) is 0 Å². The monoisotopic (exact) mass is 214 g/mol. The van der Waals surface area contributed by atoms with E-state index in [1.165, 1.54) is 10.4 Å². The Kier molecular flexibility index (Phi) is 3.51. The molecule has 0 aromatic carbocycles. The maximum absolute atomic E-state index is 4.30. The highest BCUT2D eigenvalue weighted by Gasteiger charge is 2.08. The molecular weight excluding hydrogens is 204 g/mol. The number of hydrogen-bond acceptors (Lipinski definition) is 3. The fraction of sp³-hybridized carbons (Fsp3) is 0.222. The van der Waals surface area contributed by atoms with Crippen molar-refractivity contribution in [2.24, 2.45) is 4.99 Å². The highest BCUT2D eigenvalue weighted by Crippen LogP contribution is 2.24. The van der Waals surface area contributed by atoms with Crippen molar-refractivity contribution in [1.29, 1.82) is 0 Å². The Bertz CT molecular complexity index is 318. The maximum Gasteiger partial charge on any atom is 0.0972 e. The van der Waals surface area contributed by atoms with Crippen LogP contribution in [0.3, 0.4) is 0 Å². The van der Waals surface area contributed by atoms with Gasteiger partial charge in [0.15, 0.2) is 0 Å². The lowest BCUT2D eigenvalue weighted by Crippen LogP contribution is -2.07. The standard InChI is InChI=1S/C9H10N2S.ClH/c1-7-4-8(5-12-7)9-2-3-10-6-11-9;/h2-6,9H,1H3,(H,10,11);1H. The third-order valence-electron chi connectivity index (χ3n) is 1.78. The zero-order valence-corrected chi connectivity index (χ0v) is 8.86. The van der Waals surface area contributed by atoms with Gasteiger partial charge in [-0.15, -0.1) is 23.7 Å². The lowest BCUT2D eigenvalue weighted by Gasteiger charge is -2.08. The fourth-order valence-corrected chi connectivity index (χ4v) is 1.91. The topological polar surface area (TPSA) is 24.4 Å². The largest absolute Gasteiger partial charge is 0.353 e. The molecule has 1 aliphatic rings. The Morgan fingerprint density at radius 3 is 2.92 bits per heavy atom. The van der Waals surface area contributed by atoms with E-state index in [1.807, 2.05) is 6.20 Å². The number of nitrogens with one attached hydrogen (secondary N) is 1. The number of halogens is 1. The Labute approximate surface area is 87.8 Å². The predicted octanol–water partition coefficient (Wildman–Crippen LogP) is 2.66. The van der Waals surface area contributed by atoms with Gasteiger partial charge in [0.1, 0.15) is 0 Å². The average Bonchev–Trinajstić information content (AvgIpc) is 2.54. The second kappa shape index (κ2) is 4.44. The Balaban J connectivity index is 0.000000845. The van der Waals surface area contributed by atoms with E-state index in [1.54, 1.807) is 17.7 Å². The van der Waals surface area contributed by atoms with Gasteiger partial charge in [-0.25, -0.2) is 0 Å². The predicted molar refractivity (Wildman–Crippen MR) is 59.8 cm³/mol. The molecule has 2 heterocycles. The molecule has 0 bridgehead atoms. The van der Waals surface area contributed by atoms with Gasteiger partial charge >= 0.3 is 0 Å². The van der Waals surface area contributed by atoms with Crippen molar-refractivity contribution in [3.63, 3.8) is 0 Å². The van der Waals surface area contributed by atoms with Crippen LogP contribution >= 0.6 is 23.7 Å². The van der Waals surface area contributed by atoms with Gasteiger partial charge in [-0.2, -0.15) is 0 Å². The van der Waals surface area contributed by atoms with Crippen LogP contribution in [0.5, 0.6) is 0 Å². The van der Waals surface area contributed by atoms with E-state index in [9.17, 15) is 0 Å². The van der Waals surface area contributed by atoms with Crippen LogP contribution in [-0.4, -0.2) is 6.34 Å². The van der Waals surface area contributed by atoms with Crippen molar-refractivity contribution in [2.45, 2.75) is 13.0 Å². The number of rotatable bonds is 1. The minimum absolute atomic E-state index is 0. The Morgan fingerprint density at radius 2 is 2.38 bits per heavy atom. The molecule has 0 fully saturated rings. The van der Waals surface area contributed by atoms with Gasteiger partial charge in [0, 0.05) is 11.1 Å². The third kappa shape index (κ3) is 2.32. The summed E-state index contributed by atoms with van der Waals surface area (Å²) in [5.41, 5.74) is 1.28. The van der Waals surface area contributed by atoms with Gasteiger partial charge in [0.05, 0.1) is 12.4 Å². The number of nitrogens with zero attached hydrogens (tertiary/aromatic N) is 1. The molecule has 0 spiro atoms. The molecule has 70 valence electrons. The Hall–Kier alpha value is -0.800. The first-order valence-corrected chi connectivity index (χ1v) is 4.73. The van der Waals surface area contributed by atoms with Crippen molar-refractivity contribution >= 4 is 30.1 Å². The second-order valence-corrected chi connectivity index (χ2v) is 3.85. The van der Waals surface area contributed by atoms with E-state index in [2.05, 4.69) is 34.8 Å². The van der Waals surface area contributed by atoms with Gasteiger partial charge in [-0.05, 0) is 30.0 Å². The van der Waals surface area contributed by atoms with Crippen molar-refractivity contribution in [1.82, 2.24) is 5.32 Å². The summed E-state index contributed by atoms with van der Waals surface area (Å²) in [5.74, 6) is 0. The quantitative estimate of drug-likeness (QED) is 0.764. The summed E-state index contributed by atoms with van der Waals surface area (Å²) in [5, 5.41) is 5.08. The molecule has 1 unspecified atom stereocenters. The summed E-state index contributed by atoms with van der Waals surface area (Å²) in [6.07, 6.45) is 5.71. The Morgan fingerprint density at radius 1 is 1.54 bits per heavy atom. The maximum atomic E-state index is 4.30. The number of hydrogen-bond donors (Lipinski definition) is 1. The molecule has 0 saturated heterocycles. The zero-order valence-electron chi connectivity index (χ0n) is 7.23. The van der Waals surface area contributed by atoms with Gasteiger partial charge in [-0.1, -0.05) is 0 Å². The summed E-state index contributed by atoms with van der Waals surface area (Å²) < 4.78 is 0. The van der Waals surface area contributed by atoms with E-state index in [-0.39, 0.29) is 18.4 Å². The fourth-order valence-electron chi connectivity index (χ4n) is 1.18. The highest BCUT2D eigenvalue weighted by atomic mass is 35.5. The number of thiophene rings is 1. The number of aryl methyl sites for hydroxylation is 1. The molecule has 0 saturated carbocycles. The molecule has 1 aromatic rings. The summed E-state index contributed by atoms with van der Waals surface area (Å²) >= 11 is 1.77. The van der Waals surface area contributed by atoms with Crippen molar-refractivity contribution in [2.75, 3.05) is 0 Å². The molecule has 1 aromatic heterocycles. The molecule has 0 radical (unpaired) electrons. The first kappa shape index (κ1) is 10.3. The van der Waals surface area contributed by atoms with E-state index in [0.717, 1.165) is 0 Å². The first-order chi connectivity index (χ1) is 5.86. The van der Waals surface area contributed by atoms with Gasteiger partial charge < -0.3 is 5.32 Å². The second-order valence-electron chi connectivity index (χ2n) is 2.74. The molecule has 2 nitrogen and oxygen atoms in total. The van der Waals surface area contributed by atoms with Crippen molar-refractivity contribution in [3.05, 3.63) is 34.2 Å². The van der Waals surface area contributed by atoms with E-state index < -0.39 is 0 Å². The van der Waals surface area contributed by atoms with Crippen LogP contribution in [0.25, 0.3) is 0 Å². The molecule has 2 rings (SSSR count). The smallest absolute Gasteiger partial charge is 0.0972 e. The van der Waals surface area contributed by atoms with Crippen LogP contribution in [0, 0.1) is 6.92 Å². The summed E-state index contributed by atoms with van der Waals surface area (Å²) in [7, 11) is 0. The van der Waals surface area contributed by atoms with Gasteiger partial charge in [0.25, 0.3) is 0 Å². The normalized spacial score (nSPS) is 19.3. The molecule has 13 heavy (non-hydrogen) atoms. The molecule has 0 amide bonds. The summed E-state index contributed by atoms with van der Waals surface area (Å²) in [6, 6.07) is 2.40. The zero-order chi connectivity index (χ0) is 8.39. The van der Waals surface area contributed by atoms with Crippen LogP contribution in [0.1, 0.15) is 16.5 Å². The lowest BCUT2D eigenvalue weighted by atomic mass is 10.1. The van der Waals surface area contributed by atoms with Crippen LogP contribution < -0.4 is 5.32 Å². The van der Waals surface area contributed by atoms with Gasteiger partial charge in [-0.3, -0.25) is 4.99 Å². The lowest BCUT2D eigenvalue weighted by molar-refractivity contribution is 0.888. The SMILES string of the molecule is Cc1cc(C2C=CNC=N2)cs1.Cl. The minimum atomic E-state index is 0. The van der Waals surface area contributed by atoms with Crippen LogP contribution in [0.2, 0.25) is 0 Å². The van der Waals surface area contributed by atoms with Crippen LogP contribution in [0.15, 0.2) is 28.7 Å². The molecule has 1 atom stereocenters. The average molecular weight is 215 g/mol. The van der Waals surface area contributed by atoms with Crippen LogP contribution in [0.4, 0.5) is 0 Å². The summed E-state index contributed by atoms with van der Waals surface area (Å²) in [6.45, 7) is 2.11.